The summed E-state index contributed by atoms with van der Waals surface area (Å²) in [6.45, 7) is 1.23. The van der Waals surface area contributed by atoms with Gasteiger partial charge in [0.15, 0.2) is 11.5 Å². The van der Waals surface area contributed by atoms with Gasteiger partial charge in [-0.25, -0.2) is 0 Å². The van der Waals surface area contributed by atoms with Gasteiger partial charge < -0.3 is 19.9 Å². The Morgan fingerprint density at radius 2 is 1.76 bits per heavy atom. The average molecular weight is 432 g/mol. The van der Waals surface area contributed by atoms with Crippen molar-refractivity contribution in [1.29, 1.82) is 0 Å². The van der Waals surface area contributed by atoms with E-state index in [4.69, 9.17) is 32.7 Å². The molecular weight excluding hydrogens is 409 g/mol. The topological polar surface area (TPSA) is 50.7 Å². The molecule has 0 saturated carbocycles. The van der Waals surface area contributed by atoms with E-state index in [1.54, 1.807) is 19.2 Å². The number of aliphatic hydroxyl groups excluding tert-OH is 1. The molecule has 0 spiro atoms. The quantitative estimate of drug-likeness (QED) is 0.475. The second-order valence-electron chi connectivity index (χ2n) is 6.53. The van der Waals surface area contributed by atoms with Crippen molar-refractivity contribution in [2.75, 3.05) is 13.7 Å². The van der Waals surface area contributed by atoms with Crippen molar-refractivity contribution in [3.8, 4) is 11.5 Å². The molecule has 0 aliphatic heterocycles. The number of methoxy groups -OCH3 is 1. The van der Waals surface area contributed by atoms with Crippen molar-refractivity contribution >= 4 is 23.2 Å². The fourth-order valence-electron chi connectivity index (χ4n) is 2.95. The number of hydrogen-bond donors (Lipinski definition) is 2. The van der Waals surface area contributed by atoms with E-state index >= 15 is 0 Å². The van der Waals surface area contributed by atoms with Crippen LogP contribution in [-0.4, -0.2) is 18.8 Å². The van der Waals surface area contributed by atoms with Gasteiger partial charge in [0.25, 0.3) is 0 Å². The van der Waals surface area contributed by atoms with Crippen LogP contribution < -0.4 is 14.8 Å². The van der Waals surface area contributed by atoms with Crippen LogP contribution in [0.15, 0.2) is 66.7 Å². The van der Waals surface area contributed by atoms with E-state index in [1.165, 1.54) is 0 Å². The van der Waals surface area contributed by atoms with E-state index in [1.807, 2.05) is 54.6 Å². The number of benzene rings is 3. The number of aliphatic hydroxyl groups is 1. The summed E-state index contributed by atoms with van der Waals surface area (Å²) in [6, 6.07) is 20.6. The molecule has 0 aromatic heterocycles. The Hall–Kier alpha value is -2.24. The number of halogens is 2. The van der Waals surface area contributed by atoms with E-state index in [0.717, 1.165) is 16.7 Å². The first-order chi connectivity index (χ1) is 14.1. The van der Waals surface area contributed by atoms with Crippen molar-refractivity contribution < 1.29 is 14.6 Å². The third kappa shape index (κ3) is 5.87. The first-order valence-electron chi connectivity index (χ1n) is 9.25. The Morgan fingerprint density at radius 3 is 2.48 bits per heavy atom. The van der Waals surface area contributed by atoms with Gasteiger partial charge in [-0.2, -0.15) is 0 Å². The highest BCUT2D eigenvalue weighted by molar-refractivity contribution is 6.35. The van der Waals surface area contributed by atoms with Crippen LogP contribution in [0.1, 0.15) is 22.8 Å². The van der Waals surface area contributed by atoms with Crippen LogP contribution in [0.4, 0.5) is 0 Å². The lowest BCUT2D eigenvalue weighted by Gasteiger charge is -2.17. The molecule has 0 heterocycles. The Bertz CT molecular complexity index is 935. The summed E-state index contributed by atoms with van der Waals surface area (Å²) in [5, 5.41) is 14.7. The molecule has 1 unspecified atom stereocenters. The molecule has 0 aliphatic rings. The maximum atomic E-state index is 10.3. The van der Waals surface area contributed by atoms with Crippen molar-refractivity contribution in [2.24, 2.45) is 0 Å². The normalized spacial score (nSPS) is 11.9. The lowest BCUT2D eigenvalue weighted by Crippen LogP contribution is -2.21. The van der Waals surface area contributed by atoms with E-state index in [-0.39, 0.29) is 6.61 Å². The monoisotopic (exact) mass is 431 g/mol. The molecule has 3 aromatic carbocycles. The van der Waals surface area contributed by atoms with E-state index < -0.39 is 6.10 Å². The minimum Gasteiger partial charge on any atom is -0.493 e. The molecule has 2 N–H and O–H groups in total. The number of ether oxygens (including phenoxy) is 2. The standard InChI is InChI=1S/C23H23Cl2NO3/c1-28-22-9-5-8-17(13-26-14-21(27)16-6-3-2-4-7-16)23(22)29-15-18-10-11-19(24)12-20(18)25/h2-12,21,26-27H,13-15H2,1H3. The summed E-state index contributed by atoms with van der Waals surface area (Å²) in [5.41, 5.74) is 2.63. The van der Waals surface area contributed by atoms with Crippen LogP contribution in [0.25, 0.3) is 0 Å². The molecule has 6 heteroatoms. The van der Waals surface area contributed by atoms with E-state index in [2.05, 4.69) is 5.32 Å². The summed E-state index contributed by atoms with van der Waals surface area (Å²) < 4.78 is 11.5. The van der Waals surface area contributed by atoms with Crippen molar-refractivity contribution in [3.63, 3.8) is 0 Å². The van der Waals surface area contributed by atoms with Gasteiger partial charge in [0, 0.05) is 34.3 Å². The highest BCUT2D eigenvalue weighted by Crippen LogP contribution is 2.33. The van der Waals surface area contributed by atoms with Crippen LogP contribution in [-0.2, 0) is 13.2 Å². The molecule has 0 amide bonds. The van der Waals surface area contributed by atoms with E-state index in [0.29, 0.717) is 34.6 Å². The molecule has 0 radical (unpaired) electrons. The van der Waals surface area contributed by atoms with Crippen molar-refractivity contribution in [1.82, 2.24) is 5.32 Å². The van der Waals surface area contributed by atoms with Crippen LogP contribution >= 0.6 is 23.2 Å². The Labute approximate surface area is 181 Å². The Kier molecular flexibility index (Phi) is 7.78. The number of hydrogen-bond acceptors (Lipinski definition) is 4. The minimum absolute atomic E-state index is 0.288. The smallest absolute Gasteiger partial charge is 0.166 e. The third-order valence-electron chi connectivity index (χ3n) is 4.50. The summed E-state index contributed by atoms with van der Waals surface area (Å²) in [6.07, 6.45) is -0.584. The zero-order valence-corrected chi connectivity index (χ0v) is 17.6. The predicted molar refractivity (Wildman–Crippen MR) is 117 cm³/mol. The van der Waals surface area contributed by atoms with Crippen LogP contribution in [0.3, 0.4) is 0 Å². The molecule has 152 valence electrons. The second-order valence-corrected chi connectivity index (χ2v) is 7.37. The predicted octanol–water partition coefficient (Wildman–Crippen LogP) is 5.40. The third-order valence-corrected chi connectivity index (χ3v) is 5.09. The summed E-state index contributed by atoms with van der Waals surface area (Å²) in [4.78, 5) is 0. The number of nitrogens with one attached hydrogen (secondary N) is 1. The molecule has 1 atom stereocenters. The van der Waals surface area contributed by atoms with Gasteiger partial charge in [0.1, 0.15) is 6.61 Å². The average Bonchev–Trinajstić information content (AvgIpc) is 2.74. The summed E-state index contributed by atoms with van der Waals surface area (Å²) in [7, 11) is 1.60. The SMILES string of the molecule is COc1cccc(CNCC(O)c2ccccc2)c1OCc1ccc(Cl)cc1Cl. The zero-order chi connectivity index (χ0) is 20.6. The molecule has 0 fully saturated rings. The molecule has 29 heavy (non-hydrogen) atoms. The minimum atomic E-state index is -0.584. The molecule has 0 saturated heterocycles. The zero-order valence-electron chi connectivity index (χ0n) is 16.1. The fourth-order valence-corrected chi connectivity index (χ4v) is 3.41. The van der Waals surface area contributed by atoms with Gasteiger partial charge in [-0.1, -0.05) is 71.7 Å². The number of para-hydroxylation sites is 1. The van der Waals surface area contributed by atoms with Gasteiger partial charge in [-0.05, 0) is 23.8 Å². The maximum Gasteiger partial charge on any atom is 0.166 e. The van der Waals surface area contributed by atoms with E-state index in [9.17, 15) is 5.11 Å². The highest BCUT2D eigenvalue weighted by atomic mass is 35.5. The largest absolute Gasteiger partial charge is 0.493 e. The molecule has 0 aliphatic carbocycles. The number of rotatable bonds is 9. The maximum absolute atomic E-state index is 10.3. The van der Waals surface area contributed by atoms with Gasteiger partial charge >= 0.3 is 0 Å². The molecular formula is C23H23Cl2NO3. The van der Waals surface area contributed by atoms with Crippen LogP contribution in [0.5, 0.6) is 11.5 Å². The van der Waals surface area contributed by atoms with Gasteiger partial charge in [-0.15, -0.1) is 0 Å². The Morgan fingerprint density at radius 1 is 0.966 bits per heavy atom. The lowest BCUT2D eigenvalue weighted by molar-refractivity contribution is 0.174. The molecule has 4 nitrogen and oxygen atoms in total. The van der Waals surface area contributed by atoms with Crippen molar-refractivity contribution in [3.05, 3.63) is 93.5 Å². The first kappa shape index (κ1) is 21.5. The Balaban J connectivity index is 1.67. The van der Waals surface area contributed by atoms with Gasteiger partial charge in [0.05, 0.1) is 13.2 Å². The molecule has 3 rings (SSSR count). The van der Waals surface area contributed by atoms with Crippen molar-refractivity contribution in [2.45, 2.75) is 19.3 Å². The molecule has 0 bridgehead atoms. The lowest BCUT2D eigenvalue weighted by atomic mass is 10.1. The first-order valence-corrected chi connectivity index (χ1v) is 10.0. The van der Waals surface area contributed by atoms with Crippen LogP contribution in [0.2, 0.25) is 10.0 Å². The summed E-state index contributed by atoms with van der Waals surface area (Å²) in [5.74, 6) is 1.28. The second kappa shape index (κ2) is 10.5. The van der Waals surface area contributed by atoms with Gasteiger partial charge in [-0.3, -0.25) is 0 Å². The highest BCUT2D eigenvalue weighted by Gasteiger charge is 2.13. The fraction of sp³-hybridized carbons (Fsp3) is 0.217. The van der Waals surface area contributed by atoms with Gasteiger partial charge in [0.2, 0.25) is 0 Å². The van der Waals surface area contributed by atoms with Crippen LogP contribution in [0, 0.1) is 0 Å². The molecule has 3 aromatic rings. The summed E-state index contributed by atoms with van der Waals surface area (Å²) >= 11 is 12.2.